The first-order chi connectivity index (χ1) is 13.8. The largest absolute Gasteiger partial charge is 0.461 e. The van der Waals surface area contributed by atoms with Crippen LogP contribution < -0.4 is 4.90 Å². The Morgan fingerprint density at radius 1 is 1.07 bits per heavy atom. The van der Waals surface area contributed by atoms with Crippen molar-refractivity contribution in [1.29, 1.82) is 0 Å². The molecule has 1 aliphatic heterocycles. The first-order valence-electron chi connectivity index (χ1n) is 9.93. The zero-order valence-electron chi connectivity index (χ0n) is 17.5. The van der Waals surface area contributed by atoms with Crippen LogP contribution >= 0.6 is 0 Å². The third-order valence-corrected chi connectivity index (χ3v) is 5.53. The van der Waals surface area contributed by atoms with Crippen molar-refractivity contribution in [2.45, 2.75) is 53.6 Å². The third kappa shape index (κ3) is 4.56. The Kier molecular flexibility index (Phi) is 6.16. The Morgan fingerprint density at radius 2 is 1.76 bits per heavy atom. The Labute approximate surface area is 171 Å². The average Bonchev–Trinajstić information content (AvgIpc) is 3.07. The number of Topliss-reactive ketones (excluding diaryl/α,β-unsaturated/α-hetero) is 1. The molecule has 1 aliphatic rings. The molecule has 1 fully saturated rings. The van der Waals surface area contributed by atoms with E-state index in [9.17, 15) is 14.4 Å². The van der Waals surface area contributed by atoms with Gasteiger partial charge < -0.3 is 9.64 Å². The fraction of sp³-hybridized carbons (Fsp3) is 0.375. The van der Waals surface area contributed by atoms with E-state index in [-0.39, 0.29) is 30.7 Å². The Balaban J connectivity index is 1.64. The molecule has 0 aliphatic carbocycles. The van der Waals surface area contributed by atoms with Crippen LogP contribution in [0.5, 0.6) is 0 Å². The van der Waals surface area contributed by atoms with Crippen molar-refractivity contribution in [2.24, 2.45) is 0 Å². The predicted octanol–water partition coefficient (Wildman–Crippen LogP) is 4.23. The van der Waals surface area contributed by atoms with Crippen LogP contribution in [0.15, 0.2) is 30.3 Å². The van der Waals surface area contributed by atoms with Crippen LogP contribution in [-0.2, 0) is 27.4 Å². The van der Waals surface area contributed by atoms with Gasteiger partial charge in [-0.1, -0.05) is 18.2 Å². The lowest BCUT2D eigenvalue weighted by molar-refractivity contribution is -0.144. The molecule has 1 saturated heterocycles. The average molecular weight is 393 g/mol. The molecule has 2 aromatic rings. The minimum atomic E-state index is -0.321. The maximum Gasteiger partial charge on any atom is 0.310 e. The van der Waals surface area contributed by atoms with Gasteiger partial charge in [-0.3, -0.25) is 14.4 Å². The first kappa shape index (κ1) is 20.8. The van der Waals surface area contributed by atoms with E-state index in [1.165, 1.54) is 0 Å². The number of benzene rings is 2. The maximum atomic E-state index is 12.3. The van der Waals surface area contributed by atoms with Gasteiger partial charge in [-0.25, -0.2) is 0 Å². The molecule has 0 N–H and O–H groups in total. The second-order valence-electron chi connectivity index (χ2n) is 7.70. The Bertz CT molecular complexity index is 960. The molecule has 0 unspecified atom stereocenters. The molecular weight excluding hydrogens is 366 g/mol. The number of hydrogen-bond donors (Lipinski definition) is 0. The van der Waals surface area contributed by atoms with Crippen LogP contribution in [0.2, 0.25) is 0 Å². The van der Waals surface area contributed by atoms with Gasteiger partial charge in [-0.05, 0) is 74.1 Å². The van der Waals surface area contributed by atoms with Gasteiger partial charge in [0.1, 0.15) is 6.61 Å². The molecule has 0 aromatic heterocycles. The molecule has 0 spiro atoms. The number of ketones is 1. The summed E-state index contributed by atoms with van der Waals surface area (Å²) in [5.74, 6) is -0.158. The van der Waals surface area contributed by atoms with Crippen LogP contribution in [0.4, 0.5) is 5.69 Å². The Morgan fingerprint density at radius 3 is 2.34 bits per heavy atom. The highest BCUT2D eigenvalue weighted by atomic mass is 16.5. The van der Waals surface area contributed by atoms with Gasteiger partial charge in [-0.2, -0.15) is 0 Å². The molecule has 3 rings (SSSR count). The molecule has 29 heavy (non-hydrogen) atoms. The highest BCUT2D eigenvalue weighted by Crippen LogP contribution is 2.24. The van der Waals surface area contributed by atoms with Gasteiger partial charge in [0.2, 0.25) is 5.91 Å². The summed E-state index contributed by atoms with van der Waals surface area (Å²) >= 11 is 0. The number of amides is 1. The summed E-state index contributed by atoms with van der Waals surface area (Å²) in [6.07, 6.45) is 1.64. The highest BCUT2D eigenvalue weighted by Gasteiger charge is 2.21. The van der Waals surface area contributed by atoms with Crippen molar-refractivity contribution in [3.8, 4) is 0 Å². The number of hydrogen-bond acceptors (Lipinski definition) is 4. The number of ether oxygens (including phenoxy) is 1. The number of anilines is 1. The molecule has 0 atom stereocenters. The van der Waals surface area contributed by atoms with Crippen molar-refractivity contribution < 1.29 is 19.1 Å². The molecular formula is C24H27NO4. The zero-order chi connectivity index (χ0) is 21.1. The van der Waals surface area contributed by atoms with Gasteiger partial charge in [0.25, 0.3) is 0 Å². The van der Waals surface area contributed by atoms with Crippen LogP contribution in [0.25, 0.3) is 0 Å². The second kappa shape index (κ2) is 8.60. The van der Waals surface area contributed by atoms with Gasteiger partial charge >= 0.3 is 5.97 Å². The summed E-state index contributed by atoms with van der Waals surface area (Å²) in [6.45, 7) is 8.24. The maximum absolute atomic E-state index is 12.3. The number of esters is 1. The quantitative estimate of drug-likeness (QED) is 0.544. The summed E-state index contributed by atoms with van der Waals surface area (Å²) in [4.78, 5) is 37.9. The lowest BCUT2D eigenvalue weighted by atomic mass is 9.92. The van der Waals surface area contributed by atoms with Crippen molar-refractivity contribution in [3.63, 3.8) is 0 Å². The van der Waals surface area contributed by atoms with Crippen LogP contribution in [-0.4, -0.2) is 24.2 Å². The lowest BCUT2D eigenvalue weighted by Gasteiger charge is -2.17. The number of carbonyl (C=O) groups excluding carboxylic acids is 3. The Hall–Kier alpha value is -2.95. The molecule has 1 heterocycles. The van der Waals surface area contributed by atoms with E-state index in [0.29, 0.717) is 12.0 Å². The van der Waals surface area contributed by atoms with E-state index in [1.54, 1.807) is 11.8 Å². The standard InChI is InChI=1S/C24H27NO4/c1-15-12-16(2)24(18(4)26)17(3)21(15)14-29-23(28)13-19-7-9-20(10-8-19)25-11-5-6-22(25)27/h7-10,12H,5-6,11,13-14H2,1-4H3. The van der Waals surface area contributed by atoms with Crippen LogP contribution in [0.1, 0.15) is 57.9 Å². The molecule has 0 bridgehead atoms. The first-order valence-corrected chi connectivity index (χ1v) is 9.93. The molecule has 2 aromatic carbocycles. The summed E-state index contributed by atoms with van der Waals surface area (Å²) < 4.78 is 5.50. The van der Waals surface area contributed by atoms with E-state index in [4.69, 9.17) is 4.74 Å². The van der Waals surface area contributed by atoms with Crippen molar-refractivity contribution >= 4 is 23.3 Å². The van der Waals surface area contributed by atoms with Crippen molar-refractivity contribution in [3.05, 3.63) is 63.7 Å². The van der Waals surface area contributed by atoms with Crippen LogP contribution in [0, 0.1) is 20.8 Å². The fourth-order valence-corrected chi connectivity index (χ4v) is 4.08. The molecule has 5 heteroatoms. The highest BCUT2D eigenvalue weighted by molar-refractivity contribution is 5.97. The number of nitrogens with zero attached hydrogens (tertiary/aromatic N) is 1. The zero-order valence-corrected chi connectivity index (χ0v) is 17.5. The van der Waals surface area contributed by atoms with Gasteiger partial charge in [0.05, 0.1) is 6.42 Å². The normalized spacial score (nSPS) is 13.7. The molecule has 5 nitrogen and oxygen atoms in total. The van der Waals surface area contributed by atoms with Crippen molar-refractivity contribution in [2.75, 3.05) is 11.4 Å². The lowest BCUT2D eigenvalue weighted by Crippen LogP contribution is -2.23. The molecule has 0 radical (unpaired) electrons. The van der Waals surface area contributed by atoms with E-state index in [2.05, 4.69) is 0 Å². The van der Waals surface area contributed by atoms with Gasteiger partial charge in [0, 0.05) is 24.2 Å². The monoisotopic (exact) mass is 393 g/mol. The van der Waals surface area contributed by atoms with E-state index < -0.39 is 0 Å². The summed E-state index contributed by atoms with van der Waals surface area (Å²) in [6, 6.07) is 9.43. The minimum Gasteiger partial charge on any atom is -0.461 e. The van der Waals surface area contributed by atoms with Crippen LogP contribution in [0.3, 0.4) is 0 Å². The van der Waals surface area contributed by atoms with E-state index >= 15 is 0 Å². The summed E-state index contributed by atoms with van der Waals surface area (Å²) in [7, 11) is 0. The minimum absolute atomic E-state index is 0.0177. The molecule has 1 amide bonds. The smallest absolute Gasteiger partial charge is 0.310 e. The third-order valence-electron chi connectivity index (χ3n) is 5.53. The van der Waals surface area contributed by atoms with Gasteiger partial charge in [0.15, 0.2) is 5.78 Å². The summed E-state index contributed by atoms with van der Waals surface area (Å²) in [5, 5.41) is 0. The number of aryl methyl sites for hydroxylation is 2. The van der Waals surface area contributed by atoms with E-state index in [0.717, 1.165) is 46.5 Å². The topological polar surface area (TPSA) is 63.7 Å². The number of carbonyl (C=O) groups is 3. The SMILES string of the molecule is CC(=O)c1c(C)cc(C)c(COC(=O)Cc2ccc(N3CCCC3=O)cc2)c1C. The predicted molar refractivity (Wildman–Crippen MR) is 112 cm³/mol. The summed E-state index contributed by atoms with van der Waals surface area (Å²) in [5.41, 5.74) is 6.13. The van der Waals surface area contributed by atoms with E-state index in [1.807, 2.05) is 51.1 Å². The molecule has 152 valence electrons. The molecule has 0 saturated carbocycles. The van der Waals surface area contributed by atoms with Crippen molar-refractivity contribution in [1.82, 2.24) is 0 Å². The second-order valence-corrected chi connectivity index (χ2v) is 7.70. The number of rotatable bonds is 6. The fourth-order valence-electron chi connectivity index (χ4n) is 4.08. The van der Waals surface area contributed by atoms with Gasteiger partial charge in [-0.15, -0.1) is 0 Å².